The van der Waals surface area contributed by atoms with E-state index in [0.29, 0.717) is 35.7 Å². The number of carbonyl (C=O) groups excluding carboxylic acids is 2. The lowest BCUT2D eigenvalue weighted by Crippen LogP contribution is -2.25. The van der Waals surface area contributed by atoms with Gasteiger partial charge in [0.15, 0.2) is 17.3 Å². The molecule has 4 N–H and O–H groups in total. The Hall–Kier alpha value is -3.19. The summed E-state index contributed by atoms with van der Waals surface area (Å²) >= 11 is 0. The number of rotatable bonds is 15. The van der Waals surface area contributed by atoms with Crippen molar-refractivity contribution in [2.75, 3.05) is 26.4 Å². The number of aromatic nitrogens is 1. The van der Waals surface area contributed by atoms with E-state index in [-0.39, 0.29) is 23.7 Å². The van der Waals surface area contributed by atoms with Gasteiger partial charge in [0.25, 0.3) is 0 Å². The maximum absolute atomic E-state index is 12.6. The van der Waals surface area contributed by atoms with Crippen molar-refractivity contribution in [3.63, 3.8) is 0 Å². The number of anilines is 1. The number of Topliss-reactive ketones (excluding diaryl/α,β-unsaturated/α-hetero) is 1. The normalized spacial score (nSPS) is 15.6. The maximum Gasteiger partial charge on any atom is 0.163 e. The molecule has 1 aromatic heterocycles. The predicted molar refractivity (Wildman–Crippen MR) is 152 cm³/mol. The van der Waals surface area contributed by atoms with Crippen molar-refractivity contribution in [3.05, 3.63) is 53.2 Å². The molecule has 1 saturated carbocycles. The van der Waals surface area contributed by atoms with E-state index in [0.717, 1.165) is 36.1 Å². The van der Waals surface area contributed by atoms with Gasteiger partial charge in [-0.05, 0) is 104 Å². The van der Waals surface area contributed by atoms with Crippen molar-refractivity contribution in [1.29, 1.82) is 0 Å². The number of phenolic OH excluding ortho intramolecular Hbond substituents is 1. The standard InChI is InChI=1S/C31H43N3O4/c1-22(20-33-2)19-31(12-4-5-13-31)14-6-7-26(35)18-27(36)10-9-24-17-29(38-3)28(37)16-25(24)15-23-8-11-30(32)34-21-23/h8-11,16-17,21-22,33,37H,4-7,12-15,18-20H2,1-3H3,(H2,32,34)/b10-9+/t22-/m1/s1. The first-order valence-electron chi connectivity index (χ1n) is 13.7. The predicted octanol–water partition coefficient (Wildman–Crippen LogP) is 5.49. The SMILES string of the molecule is CNC[C@H](C)CC1(CCCC(=O)CC(=O)/C=C/c2cc(OC)c(O)cc2Cc2ccc(N)nc2)CCCC1. The number of nitrogen functional groups attached to an aromatic ring is 1. The van der Waals surface area contributed by atoms with E-state index in [2.05, 4.69) is 17.2 Å². The van der Waals surface area contributed by atoms with Gasteiger partial charge >= 0.3 is 0 Å². The third-order valence-corrected chi connectivity index (χ3v) is 7.66. The van der Waals surface area contributed by atoms with Crippen LogP contribution in [-0.2, 0) is 16.0 Å². The topological polar surface area (TPSA) is 115 Å². The van der Waals surface area contributed by atoms with Crippen molar-refractivity contribution in [2.45, 2.75) is 71.1 Å². The second-order valence-electron chi connectivity index (χ2n) is 10.9. The van der Waals surface area contributed by atoms with E-state index in [1.54, 1.807) is 30.5 Å². The molecular formula is C31H43N3O4. The number of benzene rings is 1. The average Bonchev–Trinajstić information content (AvgIpc) is 3.33. The number of nitrogens with one attached hydrogen (secondary N) is 1. The number of allylic oxidation sites excluding steroid dienone is 1. The molecule has 0 spiro atoms. The number of pyridine rings is 1. The van der Waals surface area contributed by atoms with Crippen LogP contribution in [0.4, 0.5) is 5.82 Å². The zero-order chi connectivity index (χ0) is 27.5. The van der Waals surface area contributed by atoms with Crippen LogP contribution in [0.1, 0.15) is 81.4 Å². The molecule has 3 rings (SSSR count). The van der Waals surface area contributed by atoms with E-state index in [1.807, 2.05) is 13.1 Å². The number of phenols is 1. The van der Waals surface area contributed by atoms with Gasteiger partial charge in [0, 0.05) is 12.6 Å². The van der Waals surface area contributed by atoms with E-state index < -0.39 is 0 Å². The summed E-state index contributed by atoms with van der Waals surface area (Å²) in [5.41, 5.74) is 8.50. The molecule has 0 radical (unpaired) electrons. The Morgan fingerprint density at radius 3 is 2.68 bits per heavy atom. The second kappa shape index (κ2) is 14.1. The number of hydrogen-bond acceptors (Lipinski definition) is 7. The lowest BCUT2D eigenvalue weighted by Gasteiger charge is -2.32. The molecule has 0 amide bonds. The number of ketones is 2. The summed E-state index contributed by atoms with van der Waals surface area (Å²) < 4.78 is 5.25. The number of carbonyl (C=O) groups is 2. The van der Waals surface area contributed by atoms with Crippen LogP contribution in [-0.4, -0.2) is 42.4 Å². The van der Waals surface area contributed by atoms with Crippen molar-refractivity contribution in [2.24, 2.45) is 11.3 Å². The Morgan fingerprint density at radius 2 is 2.03 bits per heavy atom. The maximum atomic E-state index is 12.6. The fourth-order valence-corrected chi connectivity index (χ4v) is 5.89. The van der Waals surface area contributed by atoms with Gasteiger partial charge in [0.1, 0.15) is 11.6 Å². The summed E-state index contributed by atoms with van der Waals surface area (Å²) in [7, 11) is 3.48. The number of hydrogen-bond donors (Lipinski definition) is 3. The summed E-state index contributed by atoms with van der Waals surface area (Å²) in [6, 6.07) is 6.91. The number of nitrogens with zero attached hydrogens (tertiary/aromatic N) is 1. The quantitative estimate of drug-likeness (QED) is 0.210. The van der Waals surface area contributed by atoms with Crippen LogP contribution in [0.2, 0.25) is 0 Å². The molecule has 206 valence electrons. The summed E-state index contributed by atoms with van der Waals surface area (Å²) in [6.07, 6.45) is 13.8. The molecule has 7 heteroatoms. The van der Waals surface area contributed by atoms with E-state index in [9.17, 15) is 14.7 Å². The first kappa shape index (κ1) is 29.4. The molecule has 38 heavy (non-hydrogen) atoms. The van der Waals surface area contributed by atoms with Gasteiger partial charge in [-0.3, -0.25) is 9.59 Å². The Labute approximate surface area is 226 Å². The Bertz CT molecular complexity index is 1100. The largest absolute Gasteiger partial charge is 0.504 e. The third kappa shape index (κ3) is 8.69. The molecule has 7 nitrogen and oxygen atoms in total. The molecule has 1 aliphatic rings. The van der Waals surface area contributed by atoms with Crippen molar-refractivity contribution >= 4 is 23.5 Å². The molecule has 0 unspecified atom stereocenters. The smallest absolute Gasteiger partial charge is 0.163 e. The summed E-state index contributed by atoms with van der Waals surface area (Å²) in [4.78, 5) is 29.4. The van der Waals surface area contributed by atoms with Crippen LogP contribution in [0.3, 0.4) is 0 Å². The summed E-state index contributed by atoms with van der Waals surface area (Å²) in [5.74, 6) is 1.17. The van der Waals surface area contributed by atoms with Gasteiger partial charge in [-0.25, -0.2) is 4.98 Å². The highest BCUT2D eigenvalue weighted by molar-refractivity contribution is 6.06. The third-order valence-electron chi connectivity index (χ3n) is 7.66. The molecule has 0 saturated heterocycles. The molecule has 1 heterocycles. The Balaban J connectivity index is 1.58. The first-order valence-corrected chi connectivity index (χ1v) is 13.7. The number of ether oxygens (including phenoxy) is 1. The van der Waals surface area contributed by atoms with E-state index >= 15 is 0 Å². The highest BCUT2D eigenvalue weighted by Gasteiger charge is 2.34. The van der Waals surface area contributed by atoms with Crippen LogP contribution >= 0.6 is 0 Å². The lowest BCUT2D eigenvalue weighted by atomic mass is 9.74. The number of nitrogens with two attached hydrogens (primary N) is 1. The highest BCUT2D eigenvalue weighted by Crippen LogP contribution is 2.47. The van der Waals surface area contributed by atoms with E-state index in [1.165, 1.54) is 45.3 Å². The average molecular weight is 522 g/mol. The zero-order valence-electron chi connectivity index (χ0n) is 23.1. The van der Waals surface area contributed by atoms with Crippen LogP contribution in [0.25, 0.3) is 6.08 Å². The number of methoxy groups -OCH3 is 1. The first-order chi connectivity index (χ1) is 18.2. The molecule has 1 aromatic carbocycles. The molecule has 1 fully saturated rings. The van der Waals surface area contributed by atoms with E-state index in [4.69, 9.17) is 10.5 Å². The lowest BCUT2D eigenvalue weighted by molar-refractivity contribution is -0.124. The fourth-order valence-electron chi connectivity index (χ4n) is 5.89. The minimum atomic E-state index is -0.222. The fraction of sp³-hybridized carbons (Fsp3) is 0.516. The van der Waals surface area contributed by atoms with Crippen molar-refractivity contribution < 1.29 is 19.4 Å². The number of aromatic hydroxyl groups is 1. The van der Waals surface area contributed by atoms with Gasteiger partial charge in [0.05, 0.1) is 13.5 Å². The Morgan fingerprint density at radius 1 is 1.26 bits per heavy atom. The Kier molecular flexibility index (Phi) is 10.9. The minimum Gasteiger partial charge on any atom is -0.504 e. The van der Waals surface area contributed by atoms with Crippen LogP contribution in [0, 0.1) is 11.3 Å². The van der Waals surface area contributed by atoms with Crippen molar-refractivity contribution in [3.8, 4) is 11.5 Å². The minimum absolute atomic E-state index is 0.00692. The molecule has 0 aliphatic heterocycles. The van der Waals surface area contributed by atoms with Crippen LogP contribution in [0.15, 0.2) is 36.5 Å². The van der Waals surface area contributed by atoms with Gasteiger partial charge in [-0.1, -0.05) is 31.9 Å². The zero-order valence-corrected chi connectivity index (χ0v) is 23.1. The van der Waals surface area contributed by atoms with Crippen LogP contribution in [0.5, 0.6) is 11.5 Å². The van der Waals surface area contributed by atoms with Crippen LogP contribution < -0.4 is 15.8 Å². The molecule has 0 bridgehead atoms. The molecular weight excluding hydrogens is 478 g/mol. The summed E-state index contributed by atoms with van der Waals surface area (Å²) in [5, 5.41) is 13.6. The molecule has 2 aromatic rings. The van der Waals surface area contributed by atoms with Gasteiger partial charge in [-0.15, -0.1) is 0 Å². The summed E-state index contributed by atoms with van der Waals surface area (Å²) in [6.45, 7) is 3.32. The highest BCUT2D eigenvalue weighted by atomic mass is 16.5. The van der Waals surface area contributed by atoms with Gasteiger partial charge < -0.3 is 20.9 Å². The monoisotopic (exact) mass is 521 g/mol. The van der Waals surface area contributed by atoms with Gasteiger partial charge in [-0.2, -0.15) is 0 Å². The molecule has 1 atom stereocenters. The van der Waals surface area contributed by atoms with Gasteiger partial charge in [0.2, 0.25) is 0 Å². The molecule has 1 aliphatic carbocycles. The second-order valence-corrected chi connectivity index (χ2v) is 10.9. The van der Waals surface area contributed by atoms with Crippen molar-refractivity contribution in [1.82, 2.24) is 10.3 Å².